The first-order valence-electron chi connectivity index (χ1n) is 6.17. The summed E-state index contributed by atoms with van der Waals surface area (Å²) in [6.07, 6.45) is 3.01. The van der Waals surface area contributed by atoms with E-state index in [1.807, 2.05) is 0 Å². The minimum absolute atomic E-state index is 0.109. The van der Waals surface area contributed by atoms with Gasteiger partial charge in [0.2, 0.25) is 0 Å². The van der Waals surface area contributed by atoms with Gasteiger partial charge in [-0.15, -0.1) is 11.3 Å². The Morgan fingerprint density at radius 1 is 1.25 bits per heavy atom. The highest BCUT2D eigenvalue weighted by atomic mass is 32.2. The number of nitrogens with two attached hydrogens (primary N) is 1. The fourth-order valence-electron chi connectivity index (χ4n) is 2.22. The van der Waals surface area contributed by atoms with Crippen LogP contribution in [0.5, 0.6) is 0 Å². The second-order valence-electron chi connectivity index (χ2n) is 4.49. The largest absolute Gasteiger partial charge is 0.323 e. The first-order valence-corrected chi connectivity index (χ1v) is 8.47. The lowest BCUT2D eigenvalue weighted by molar-refractivity contribution is 0.601. The Labute approximate surface area is 121 Å². The van der Waals surface area contributed by atoms with Crippen molar-refractivity contribution in [2.24, 2.45) is 5.84 Å². The monoisotopic (exact) mass is 310 g/mol. The minimum atomic E-state index is -3.69. The predicted molar refractivity (Wildman–Crippen MR) is 79.2 cm³/mol. The van der Waals surface area contributed by atoms with E-state index in [1.54, 1.807) is 18.2 Å². The fourth-order valence-corrected chi connectivity index (χ4v) is 4.68. The molecule has 2 aromatic rings. The van der Waals surface area contributed by atoms with Crippen LogP contribution in [0.25, 0.3) is 0 Å². The zero-order chi connectivity index (χ0) is 14.2. The molecule has 1 aromatic heterocycles. The first-order chi connectivity index (χ1) is 9.60. The van der Waals surface area contributed by atoms with E-state index in [-0.39, 0.29) is 4.90 Å². The molecule has 0 fully saturated rings. The lowest BCUT2D eigenvalue weighted by Crippen LogP contribution is -2.17. The topological polar surface area (TPSA) is 97.1 Å². The zero-order valence-electron chi connectivity index (χ0n) is 10.6. The quantitative estimate of drug-likeness (QED) is 0.590. The van der Waals surface area contributed by atoms with Gasteiger partial charge in [-0.25, -0.2) is 13.4 Å². The van der Waals surface area contributed by atoms with Gasteiger partial charge in [0.05, 0.1) is 11.4 Å². The molecule has 6 nitrogen and oxygen atoms in total. The average molecular weight is 310 g/mol. The Kier molecular flexibility index (Phi) is 3.36. The van der Waals surface area contributed by atoms with Crippen LogP contribution in [0, 0.1) is 0 Å². The summed E-state index contributed by atoms with van der Waals surface area (Å²) in [4.78, 5) is 5.62. The van der Waals surface area contributed by atoms with Crippen molar-refractivity contribution in [1.29, 1.82) is 0 Å². The number of nitrogens with zero attached hydrogens (tertiary/aromatic N) is 1. The van der Waals surface area contributed by atoms with E-state index in [1.165, 1.54) is 22.3 Å². The van der Waals surface area contributed by atoms with Crippen LogP contribution in [-0.4, -0.2) is 13.4 Å². The molecule has 0 saturated carbocycles. The van der Waals surface area contributed by atoms with E-state index in [0.717, 1.165) is 25.0 Å². The second kappa shape index (κ2) is 5.04. The van der Waals surface area contributed by atoms with Crippen molar-refractivity contribution in [3.8, 4) is 0 Å². The van der Waals surface area contributed by atoms with Crippen molar-refractivity contribution in [3.05, 3.63) is 34.8 Å². The van der Waals surface area contributed by atoms with Crippen LogP contribution in [-0.2, 0) is 22.9 Å². The van der Waals surface area contributed by atoms with Crippen LogP contribution in [0.4, 0.5) is 10.8 Å². The lowest BCUT2D eigenvalue weighted by atomic mass is 10.3. The number of rotatable bonds is 4. The number of benzene rings is 1. The minimum Gasteiger partial charge on any atom is -0.323 e. The van der Waals surface area contributed by atoms with Crippen LogP contribution in [0.3, 0.4) is 0 Å². The van der Waals surface area contributed by atoms with Crippen LogP contribution >= 0.6 is 11.3 Å². The van der Waals surface area contributed by atoms with Gasteiger partial charge < -0.3 is 5.43 Å². The SMILES string of the molecule is NNc1ccccc1S(=O)(=O)Nc1nc2c(s1)CCC2. The molecule has 0 aliphatic heterocycles. The van der Waals surface area contributed by atoms with Crippen LogP contribution in [0.2, 0.25) is 0 Å². The summed E-state index contributed by atoms with van der Waals surface area (Å²) < 4.78 is 27.3. The van der Waals surface area contributed by atoms with Gasteiger partial charge in [0.25, 0.3) is 10.0 Å². The van der Waals surface area contributed by atoms with Gasteiger partial charge in [0.15, 0.2) is 5.13 Å². The van der Waals surface area contributed by atoms with E-state index >= 15 is 0 Å². The molecule has 0 atom stereocenters. The summed E-state index contributed by atoms with van der Waals surface area (Å²) in [7, 11) is -3.69. The number of anilines is 2. The van der Waals surface area contributed by atoms with Crippen LogP contribution < -0.4 is 16.0 Å². The van der Waals surface area contributed by atoms with Crippen molar-refractivity contribution < 1.29 is 8.42 Å². The van der Waals surface area contributed by atoms with E-state index in [0.29, 0.717) is 10.8 Å². The van der Waals surface area contributed by atoms with Gasteiger partial charge in [-0.1, -0.05) is 12.1 Å². The number of aromatic nitrogens is 1. The average Bonchev–Trinajstić information content (AvgIpc) is 2.99. The second-order valence-corrected chi connectivity index (χ2v) is 7.22. The van der Waals surface area contributed by atoms with Crippen molar-refractivity contribution in [2.45, 2.75) is 24.2 Å². The number of aryl methyl sites for hydroxylation is 2. The number of hydrogen-bond acceptors (Lipinski definition) is 6. The van der Waals surface area contributed by atoms with E-state index in [4.69, 9.17) is 5.84 Å². The molecule has 1 aliphatic carbocycles. The molecule has 3 rings (SSSR count). The Morgan fingerprint density at radius 2 is 2.05 bits per heavy atom. The Hall–Kier alpha value is -1.64. The molecule has 0 amide bonds. The summed E-state index contributed by atoms with van der Waals surface area (Å²) >= 11 is 1.40. The summed E-state index contributed by atoms with van der Waals surface area (Å²) in [6, 6.07) is 6.47. The Balaban J connectivity index is 1.92. The third-order valence-corrected chi connectivity index (χ3v) is 5.75. The molecular weight excluding hydrogens is 296 g/mol. The highest BCUT2D eigenvalue weighted by molar-refractivity contribution is 7.93. The number of hydrogen-bond donors (Lipinski definition) is 3. The predicted octanol–water partition coefficient (Wildman–Crippen LogP) is 1.72. The molecular formula is C12H14N4O2S2. The molecule has 20 heavy (non-hydrogen) atoms. The fraction of sp³-hybridized carbons (Fsp3) is 0.250. The van der Waals surface area contributed by atoms with Gasteiger partial charge in [-0.2, -0.15) is 0 Å². The number of nitrogen functional groups attached to an aromatic ring is 1. The van der Waals surface area contributed by atoms with E-state index < -0.39 is 10.0 Å². The molecule has 1 heterocycles. The maximum Gasteiger partial charge on any atom is 0.265 e. The van der Waals surface area contributed by atoms with Crippen LogP contribution in [0.15, 0.2) is 29.2 Å². The molecule has 1 aromatic carbocycles. The summed E-state index contributed by atoms with van der Waals surface area (Å²) in [5.41, 5.74) is 3.75. The van der Waals surface area contributed by atoms with Gasteiger partial charge in [-0.3, -0.25) is 10.6 Å². The van der Waals surface area contributed by atoms with Gasteiger partial charge >= 0.3 is 0 Å². The van der Waals surface area contributed by atoms with Crippen molar-refractivity contribution >= 4 is 32.2 Å². The first kappa shape index (κ1) is 13.3. The smallest absolute Gasteiger partial charge is 0.265 e. The maximum absolute atomic E-state index is 12.4. The number of nitrogens with one attached hydrogen (secondary N) is 2. The number of fused-ring (bicyclic) bond motifs is 1. The Bertz CT molecular complexity index is 718. The number of thiazole rings is 1. The number of hydrazine groups is 1. The van der Waals surface area contributed by atoms with E-state index in [2.05, 4.69) is 15.1 Å². The summed E-state index contributed by atoms with van der Waals surface area (Å²) in [5.74, 6) is 5.34. The van der Waals surface area contributed by atoms with Gasteiger partial charge in [0, 0.05) is 4.88 Å². The third kappa shape index (κ3) is 2.37. The number of sulfonamides is 1. The van der Waals surface area contributed by atoms with Gasteiger partial charge in [-0.05, 0) is 31.4 Å². The molecule has 0 saturated heterocycles. The van der Waals surface area contributed by atoms with Gasteiger partial charge in [0.1, 0.15) is 4.90 Å². The maximum atomic E-state index is 12.4. The molecule has 8 heteroatoms. The highest BCUT2D eigenvalue weighted by Crippen LogP contribution is 2.32. The third-order valence-electron chi connectivity index (χ3n) is 3.15. The molecule has 0 bridgehead atoms. The van der Waals surface area contributed by atoms with E-state index in [9.17, 15) is 8.42 Å². The molecule has 0 spiro atoms. The highest BCUT2D eigenvalue weighted by Gasteiger charge is 2.22. The molecule has 0 radical (unpaired) electrons. The zero-order valence-corrected chi connectivity index (χ0v) is 12.2. The molecule has 4 N–H and O–H groups in total. The summed E-state index contributed by atoms with van der Waals surface area (Å²) in [6.45, 7) is 0. The molecule has 106 valence electrons. The molecule has 1 aliphatic rings. The number of para-hydroxylation sites is 1. The normalized spacial score (nSPS) is 14.1. The Morgan fingerprint density at radius 3 is 2.80 bits per heavy atom. The van der Waals surface area contributed by atoms with Crippen molar-refractivity contribution in [2.75, 3.05) is 10.1 Å². The van der Waals surface area contributed by atoms with Crippen molar-refractivity contribution in [3.63, 3.8) is 0 Å². The van der Waals surface area contributed by atoms with Crippen LogP contribution in [0.1, 0.15) is 17.0 Å². The summed E-state index contributed by atoms with van der Waals surface area (Å²) in [5, 5.41) is 0.418. The molecule has 0 unspecified atom stereocenters. The lowest BCUT2D eigenvalue weighted by Gasteiger charge is -2.09. The van der Waals surface area contributed by atoms with Crippen molar-refractivity contribution in [1.82, 2.24) is 4.98 Å². The standard InChI is InChI=1S/C12H14N4O2S2/c13-15-9-4-1-2-7-11(9)20(17,18)16-12-14-8-5-3-6-10(8)19-12/h1-2,4,7,15H,3,5-6,13H2,(H,14,16).